The number of rotatable bonds is 7. The normalized spacial score (nSPS) is 10.3. The van der Waals surface area contributed by atoms with E-state index in [-0.39, 0.29) is 11.8 Å². The highest BCUT2D eigenvalue weighted by Gasteiger charge is 2.10. The Kier molecular flexibility index (Phi) is 6.49. The third kappa shape index (κ3) is 5.30. The number of anilines is 1. The lowest BCUT2D eigenvalue weighted by Crippen LogP contribution is -2.25. The summed E-state index contributed by atoms with van der Waals surface area (Å²) in [6.45, 7) is 2.36. The van der Waals surface area contributed by atoms with Crippen LogP contribution in [0.2, 0.25) is 5.02 Å². The van der Waals surface area contributed by atoms with Crippen LogP contribution in [0.5, 0.6) is 0 Å². The Balaban J connectivity index is 1.80. The van der Waals surface area contributed by atoms with Crippen molar-refractivity contribution in [2.45, 2.75) is 26.2 Å². The second kappa shape index (κ2) is 8.59. The van der Waals surface area contributed by atoms with Crippen LogP contribution in [0.15, 0.2) is 24.3 Å². The molecule has 0 aliphatic rings. The predicted molar refractivity (Wildman–Crippen MR) is 90.9 cm³/mol. The van der Waals surface area contributed by atoms with Crippen molar-refractivity contribution in [1.29, 1.82) is 0 Å². The quantitative estimate of drug-likeness (QED) is 0.802. The molecule has 1 aromatic heterocycles. The Morgan fingerprint density at radius 2 is 2.04 bits per heavy atom. The average molecular weight is 353 g/mol. The molecule has 1 heterocycles. The Bertz CT molecular complexity index is 690. The Hall–Kier alpha value is -1.99. The van der Waals surface area contributed by atoms with Gasteiger partial charge in [0.25, 0.3) is 5.91 Å². The van der Waals surface area contributed by atoms with Crippen LogP contribution in [0.1, 0.15) is 35.1 Å². The van der Waals surface area contributed by atoms with Crippen molar-refractivity contribution >= 4 is 39.9 Å². The van der Waals surface area contributed by atoms with Gasteiger partial charge in [0, 0.05) is 19.4 Å². The van der Waals surface area contributed by atoms with Gasteiger partial charge in [-0.1, -0.05) is 42.0 Å². The van der Waals surface area contributed by atoms with Gasteiger partial charge >= 0.3 is 0 Å². The van der Waals surface area contributed by atoms with E-state index >= 15 is 0 Å². The van der Waals surface area contributed by atoms with E-state index < -0.39 is 0 Å². The molecule has 2 aromatic rings. The molecule has 1 aromatic carbocycles. The number of nitrogens with one attached hydrogen (secondary N) is 2. The third-order valence-electron chi connectivity index (χ3n) is 2.93. The van der Waals surface area contributed by atoms with E-state index in [4.69, 9.17) is 11.6 Å². The van der Waals surface area contributed by atoms with Crippen LogP contribution in [0.3, 0.4) is 0 Å². The van der Waals surface area contributed by atoms with Gasteiger partial charge in [0.1, 0.15) is 5.01 Å². The van der Waals surface area contributed by atoms with Crippen molar-refractivity contribution in [2.24, 2.45) is 0 Å². The number of carbonyl (C=O) groups excluding carboxylic acids is 2. The molecule has 0 saturated heterocycles. The highest BCUT2D eigenvalue weighted by Crippen LogP contribution is 2.16. The van der Waals surface area contributed by atoms with E-state index in [0.717, 1.165) is 11.4 Å². The van der Waals surface area contributed by atoms with Crippen LogP contribution >= 0.6 is 22.9 Å². The first kappa shape index (κ1) is 17.4. The average Bonchev–Trinajstić information content (AvgIpc) is 2.95. The summed E-state index contributed by atoms with van der Waals surface area (Å²) < 4.78 is 0. The zero-order valence-corrected chi connectivity index (χ0v) is 14.2. The van der Waals surface area contributed by atoms with Crippen molar-refractivity contribution in [3.8, 4) is 0 Å². The molecule has 0 unspecified atom stereocenters. The summed E-state index contributed by atoms with van der Waals surface area (Å²) in [5.74, 6) is -0.293. The number of amides is 2. The SMILES string of the molecule is CCCC(=O)Nc1nnc(CCNC(=O)c2ccccc2Cl)s1. The zero-order chi connectivity index (χ0) is 16.7. The van der Waals surface area contributed by atoms with Gasteiger partial charge < -0.3 is 10.6 Å². The van der Waals surface area contributed by atoms with Gasteiger partial charge in [-0.3, -0.25) is 9.59 Å². The molecule has 23 heavy (non-hydrogen) atoms. The molecule has 0 saturated carbocycles. The van der Waals surface area contributed by atoms with Crippen molar-refractivity contribution < 1.29 is 9.59 Å². The number of halogens is 1. The molecule has 2 amide bonds. The van der Waals surface area contributed by atoms with Crippen LogP contribution < -0.4 is 10.6 Å². The highest BCUT2D eigenvalue weighted by molar-refractivity contribution is 7.15. The molecule has 2 rings (SSSR count). The van der Waals surface area contributed by atoms with E-state index in [1.807, 2.05) is 6.92 Å². The van der Waals surface area contributed by atoms with Crippen molar-refractivity contribution in [2.75, 3.05) is 11.9 Å². The maximum absolute atomic E-state index is 12.0. The van der Waals surface area contributed by atoms with E-state index in [9.17, 15) is 9.59 Å². The topological polar surface area (TPSA) is 84.0 Å². The standard InChI is InChI=1S/C15H17ClN4O2S/c1-2-5-12(21)18-15-20-19-13(23-15)8-9-17-14(22)10-6-3-4-7-11(10)16/h3-4,6-7H,2,5,8-9H2,1H3,(H,17,22)(H,18,20,21). The van der Waals surface area contributed by atoms with Crippen LogP contribution in [0, 0.1) is 0 Å². The van der Waals surface area contributed by atoms with Gasteiger partial charge in [-0.25, -0.2) is 0 Å². The molecule has 8 heteroatoms. The fraction of sp³-hybridized carbons (Fsp3) is 0.333. The fourth-order valence-electron chi connectivity index (χ4n) is 1.84. The molecule has 122 valence electrons. The molecule has 0 aliphatic carbocycles. The van der Waals surface area contributed by atoms with Gasteiger partial charge in [0.05, 0.1) is 10.6 Å². The first-order valence-corrected chi connectivity index (χ1v) is 8.44. The van der Waals surface area contributed by atoms with Crippen LogP contribution in [-0.2, 0) is 11.2 Å². The summed E-state index contributed by atoms with van der Waals surface area (Å²) in [5.41, 5.74) is 0.443. The number of aromatic nitrogens is 2. The van der Waals surface area contributed by atoms with Gasteiger partial charge in [0.2, 0.25) is 11.0 Å². The molecule has 0 bridgehead atoms. The van der Waals surface area contributed by atoms with Crippen LogP contribution in [0.4, 0.5) is 5.13 Å². The summed E-state index contributed by atoms with van der Waals surface area (Å²) >= 11 is 7.28. The number of carbonyl (C=O) groups is 2. The highest BCUT2D eigenvalue weighted by atomic mass is 35.5. The molecule has 0 atom stereocenters. The summed E-state index contributed by atoms with van der Waals surface area (Å²) in [6, 6.07) is 6.88. The van der Waals surface area contributed by atoms with Gasteiger partial charge in [-0.2, -0.15) is 0 Å². The maximum Gasteiger partial charge on any atom is 0.252 e. The van der Waals surface area contributed by atoms with E-state index in [0.29, 0.717) is 35.1 Å². The van der Waals surface area contributed by atoms with Crippen LogP contribution in [-0.4, -0.2) is 28.6 Å². The second-order valence-electron chi connectivity index (χ2n) is 4.78. The lowest BCUT2D eigenvalue weighted by molar-refractivity contribution is -0.116. The molecular weight excluding hydrogens is 336 g/mol. The number of nitrogens with zero attached hydrogens (tertiary/aromatic N) is 2. The fourth-order valence-corrected chi connectivity index (χ4v) is 2.81. The monoisotopic (exact) mass is 352 g/mol. The first-order chi connectivity index (χ1) is 11.1. The minimum atomic E-state index is -0.225. The summed E-state index contributed by atoms with van der Waals surface area (Å²) in [4.78, 5) is 23.5. The van der Waals surface area contributed by atoms with Crippen LogP contribution in [0.25, 0.3) is 0 Å². The maximum atomic E-state index is 12.0. The van der Waals surface area contributed by atoms with Crippen molar-refractivity contribution in [1.82, 2.24) is 15.5 Å². The van der Waals surface area contributed by atoms with Gasteiger partial charge in [0.15, 0.2) is 0 Å². The Morgan fingerprint density at radius 1 is 1.26 bits per heavy atom. The second-order valence-corrected chi connectivity index (χ2v) is 6.25. The zero-order valence-electron chi connectivity index (χ0n) is 12.6. The molecule has 0 radical (unpaired) electrons. The lowest BCUT2D eigenvalue weighted by Gasteiger charge is -2.05. The number of benzene rings is 1. The van der Waals surface area contributed by atoms with E-state index in [1.54, 1.807) is 24.3 Å². The summed E-state index contributed by atoms with van der Waals surface area (Å²) in [6.07, 6.45) is 1.78. The smallest absolute Gasteiger partial charge is 0.252 e. The third-order valence-corrected chi connectivity index (χ3v) is 4.16. The van der Waals surface area contributed by atoms with Crippen molar-refractivity contribution in [3.63, 3.8) is 0 Å². The Labute approximate surface area is 143 Å². The number of hydrogen-bond donors (Lipinski definition) is 2. The summed E-state index contributed by atoms with van der Waals surface area (Å²) in [7, 11) is 0. The Morgan fingerprint density at radius 3 is 2.78 bits per heavy atom. The van der Waals surface area contributed by atoms with E-state index in [2.05, 4.69) is 20.8 Å². The molecule has 0 aliphatic heterocycles. The number of hydrogen-bond acceptors (Lipinski definition) is 5. The largest absolute Gasteiger partial charge is 0.352 e. The lowest BCUT2D eigenvalue weighted by atomic mass is 10.2. The molecular formula is C15H17ClN4O2S. The first-order valence-electron chi connectivity index (χ1n) is 7.25. The minimum absolute atomic E-state index is 0.0674. The van der Waals surface area contributed by atoms with Gasteiger partial charge in [-0.05, 0) is 18.6 Å². The molecule has 6 nitrogen and oxygen atoms in total. The molecule has 0 spiro atoms. The van der Waals surface area contributed by atoms with Crippen molar-refractivity contribution in [3.05, 3.63) is 39.9 Å². The minimum Gasteiger partial charge on any atom is -0.352 e. The molecule has 2 N–H and O–H groups in total. The summed E-state index contributed by atoms with van der Waals surface area (Å²) in [5, 5.41) is 15.0. The van der Waals surface area contributed by atoms with Gasteiger partial charge in [-0.15, -0.1) is 10.2 Å². The predicted octanol–water partition coefficient (Wildman–Crippen LogP) is 2.90. The molecule has 0 fully saturated rings. The van der Waals surface area contributed by atoms with E-state index in [1.165, 1.54) is 11.3 Å².